The summed E-state index contributed by atoms with van der Waals surface area (Å²) in [5.74, 6) is 0. The van der Waals surface area contributed by atoms with Crippen LogP contribution >= 0.6 is 10.3 Å². The molecule has 3 N–H and O–H groups in total. The van der Waals surface area contributed by atoms with E-state index in [4.69, 9.17) is 13.7 Å². The quantitative estimate of drug-likeness (QED) is 0.478. The number of aliphatic hydroxyl groups excluding tert-OH is 1. The van der Waals surface area contributed by atoms with E-state index in [0.29, 0.717) is 45.4 Å². The van der Waals surface area contributed by atoms with Crippen LogP contribution in [0.1, 0.15) is 67.2 Å². The van der Waals surface area contributed by atoms with E-state index < -0.39 is 34.2 Å². The third kappa shape index (κ3) is 7.63. The second kappa shape index (κ2) is 10.8. The maximum Gasteiger partial charge on any atom is 0.407 e. The van der Waals surface area contributed by atoms with Crippen molar-refractivity contribution < 1.29 is 33.5 Å². The molecule has 1 spiro atoms. The maximum absolute atomic E-state index is 12.6. The van der Waals surface area contributed by atoms with Gasteiger partial charge < -0.3 is 34.1 Å². The minimum Gasteiger partial charge on any atom is -0.465 e. The van der Waals surface area contributed by atoms with E-state index in [2.05, 4.69) is 38.6 Å². The number of nitrogens with zero attached hydrogens (tertiary/aromatic N) is 1. The Morgan fingerprint density at radius 2 is 1.74 bits per heavy atom. The number of hydrogen-bond acceptors (Lipinski definition) is 6. The average Bonchev–Trinajstić information content (AvgIpc) is 2.99. The van der Waals surface area contributed by atoms with E-state index in [1.807, 2.05) is 20.8 Å². The van der Waals surface area contributed by atoms with Crippen molar-refractivity contribution in [2.45, 2.75) is 95.8 Å². The molecule has 34 heavy (non-hydrogen) atoms. The molecule has 0 aromatic rings. The molecular formula is C24H46N2O7S. The van der Waals surface area contributed by atoms with E-state index in [0.717, 1.165) is 0 Å². The number of rotatable bonds is 7. The van der Waals surface area contributed by atoms with Crippen LogP contribution in [0.4, 0.5) is 9.59 Å². The van der Waals surface area contributed by atoms with Gasteiger partial charge in [0.05, 0.1) is 19.3 Å². The highest BCUT2D eigenvalue weighted by atomic mass is 32.3. The largest absolute Gasteiger partial charge is 0.465 e. The summed E-state index contributed by atoms with van der Waals surface area (Å²) in [4.78, 5) is 25.4. The van der Waals surface area contributed by atoms with Gasteiger partial charge in [-0.1, -0.05) is 20.8 Å². The summed E-state index contributed by atoms with van der Waals surface area (Å²) in [5, 5.41) is 22.4. The third-order valence-corrected chi connectivity index (χ3v) is 10.9. The molecule has 10 heteroatoms. The fraction of sp³-hybridized carbons (Fsp3) is 0.917. The molecule has 1 aliphatic carbocycles. The highest BCUT2D eigenvalue weighted by Gasteiger charge is 2.51. The molecule has 2 fully saturated rings. The van der Waals surface area contributed by atoms with Crippen LogP contribution in [0.25, 0.3) is 0 Å². The van der Waals surface area contributed by atoms with E-state index in [1.54, 1.807) is 0 Å². The first-order chi connectivity index (χ1) is 15.5. The fourth-order valence-electron chi connectivity index (χ4n) is 4.48. The van der Waals surface area contributed by atoms with Gasteiger partial charge in [0.25, 0.3) is 0 Å². The van der Waals surface area contributed by atoms with Gasteiger partial charge in [-0.3, -0.25) is 0 Å². The summed E-state index contributed by atoms with van der Waals surface area (Å²) < 4.78 is 18.0. The average molecular weight is 507 g/mol. The van der Waals surface area contributed by atoms with Crippen molar-refractivity contribution in [2.75, 3.05) is 38.8 Å². The van der Waals surface area contributed by atoms with Gasteiger partial charge in [0.2, 0.25) is 0 Å². The number of nitrogens with one attached hydrogen (secondary N) is 1. The first-order valence-corrected chi connectivity index (χ1v) is 14.5. The number of carbonyl (C=O) groups excluding carboxylic acids is 1. The third-order valence-electron chi connectivity index (χ3n) is 7.20. The van der Waals surface area contributed by atoms with E-state index in [1.165, 1.54) is 4.90 Å². The van der Waals surface area contributed by atoms with Crippen LogP contribution in [-0.4, -0.2) is 94.7 Å². The predicted octanol–water partition coefficient (Wildman–Crippen LogP) is 3.97. The molecule has 1 aliphatic heterocycles. The number of aliphatic hydroxyl groups is 1. The molecule has 1 unspecified atom stereocenters. The molecule has 2 amide bonds. The molecule has 0 bridgehead atoms. The van der Waals surface area contributed by atoms with Crippen molar-refractivity contribution in [1.82, 2.24) is 10.2 Å². The summed E-state index contributed by atoms with van der Waals surface area (Å²) in [5.41, 5.74) is -0.885. The number of piperidine rings is 1. The second-order valence-electron chi connectivity index (χ2n) is 12.0. The monoisotopic (exact) mass is 506 g/mol. The highest BCUT2D eigenvalue weighted by molar-refractivity contribution is 8.29. The van der Waals surface area contributed by atoms with Crippen LogP contribution in [0.15, 0.2) is 0 Å². The molecule has 9 nitrogen and oxygen atoms in total. The van der Waals surface area contributed by atoms with Gasteiger partial charge in [-0.15, -0.1) is 10.3 Å². The Labute approximate surface area is 206 Å². The number of alkyl carbamates (subject to hydrolysis) is 1. The van der Waals surface area contributed by atoms with Gasteiger partial charge in [0, 0.05) is 23.9 Å². The normalized spacial score (nSPS) is 24.7. The molecule has 0 aromatic heterocycles. The summed E-state index contributed by atoms with van der Waals surface area (Å²) in [6, 6.07) is -0.194. The van der Waals surface area contributed by atoms with Crippen LogP contribution in [0.2, 0.25) is 0 Å². The topological polar surface area (TPSA) is 118 Å². The van der Waals surface area contributed by atoms with Crippen LogP contribution in [0.3, 0.4) is 0 Å². The summed E-state index contributed by atoms with van der Waals surface area (Å²) >= 11 is 0. The minimum atomic E-state index is -1.35. The lowest BCUT2D eigenvalue weighted by molar-refractivity contribution is -0.0593. The Kier molecular flexibility index (Phi) is 9.21. The zero-order valence-electron chi connectivity index (χ0n) is 22.2. The lowest BCUT2D eigenvalue weighted by atomic mass is 9.74. The zero-order valence-corrected chi connectivity index (χ0v) is 23.0. The van der Waals surface area contributed by atoms with E-state index in [9.17, 15) is 19.8 Å². The molecule has 3 atom stereocenters. The van der Waals surface area contributed by atoms with Gasteiger partial charge in [-0.25, -0.2) is 9.59 Å². The highest BCUT2D eigenvalue weighted by Crippen LogP contribution is 2.54. The Morgan fingerprint density at radius 3 is 2.21 bits per heavy atom. The number of carbonyl (C=O) groups is 2. The molecule has 200 valence electrons. The van der Waals surface area contributed by atoms with Gasteiger partial charge in [0.1, 0.15) is 11.7 Å². The van der Waals surface area contributed by atoms with Gasteiger partial charge >= 0.3 is 12.2 Å². The predicted molar refractivity (Wildman–Crippen MR) is 135 cm³/mol. The van der Waals surface area contributed by atoms with Gasteiger partial charge in [-0.05, 0) is 64.4 Å². The Morgan fingerprint density at radius 1 is 1.15 bits per heavy atom. The lowest BCUT2D eigenvalue weighted by Crippen LogP contribution is -2.51. The van der Waals surface area contributed by atoms with Crippen molar-refractivity contribution in [3.63, 3.8) is 0 Å². The van der Waals surface area contributed by atoms with Crippen molar-refractivity contribution in [1.29, 1.82) is 0 Å². The van der Waals surface area contributed by atoms with Crippen LogP contribution in [0.5, 0.6) is 0 Å². The van der Waals surface area contributed by atoms with Crippen molar-refractivity contribution in [2.24, 2.45) is 5.41 Å². The van der Waals surface area contributed by atoms with Crippen molar-refractivity contribution in [3.05, 3.63) is 0 Å². The molecule has 1 saturated heterocycles. The standard InChI is InChI=1S/C24H46N2O7S/c1-22(2,3)33-20(28)25-19-13-17(14-24(19)9-11-26(12-10-24)21(29)30)32-18(15-27)16-31-34(7,8)23(4,5)6/h17-19,27H,9-16H2,1-8H3,(H,25,28)(H,29,30)/t17-,18?,19+/m0/s1. The van der Waals surface area contributed by atoms with E-state index in [-0.39, 0.29) is 28.9 Å². The Bertz CT molecular complexity index is 709. The maximum atomic E-state index is 12.6. The summed E-state index contributed by atoms with van der Waals surface area (Å²) in [7, 11) is -1.35. The molecule has 2 rings (SSSR count). The van der Waals surface area contributed by atoms with Crippen LogP contribution in [-0.2, 0) is 13.7 Å². The van der Waals surface area contributed by atoms with Crippen LogP contribution < -0.4 is 5.32 Å². The second-order valence-corrected chi connectivity index (χ2v) is 15.9. The molecule has 1 saturated carbocycles. The number of ether oxygens (including phenoxy) is 2. The van der Waals surface area contributed by atoms with Crippen molar-refractivity contribution >= 4 is 22.5 Å². The zero-order chi connectivity index (χ0) is 25.9. The molecule has 2 aliphatic rings. The van der Waals surface area contributed by atoms with E-state index >= 15 is 0 Å². The summed E-state index contributed by atoms with van der Waals surface area (Å²) in [6.45, 7) is 12.9. The first-order valence-electron chi connectivity index (χ1n) is 12.1. The molecule has 0 radical (unpaired) electrons. The minimum absolute atomic E-state index is 0.00493. The molecular weight excluding hydrogens is 460 g/mol. The Balaban J connectivity index is 2.09. The molecule has 0 aromatic carbocycles. The van der Waals surface area contributed by atoms with Crippen LogP contribution in [0, 0.1) is 5.41 Å². The fourth-order valence-corrected chi connectivity index (χ4v) is 5.33. The number of likely N-dealkylation sites (tertiary alicyclic amines) is 1. The number of amides is 2. The number of hydrogen-bond donors (Lipinski definition) is 3. The van der Waals surface area contributed by atoms with Gasteiger partial charge in [0.15, 0.2) is 0 Å². The van der Waals surface area contributed by atoms with Gasteiger partial charge in [-0.2, -0.15) is 0 Å². The number of carboxylic acid groups (broad SMARTS) is 1. The SMILES string of the molecule is CC(C)(C)OC(=O)N[C@@H]1C[C@H](OC(CO)COS(C)(C)C(C)(C)C)CC12CCN(C(=O)O)CC2. The Hall–Kier alpha value is -1.23. The molecule has 1 heterocycles. The summed E-state index contributed by atoms with van der Waals surface area (Å²) in [6.07, 6.45) is 4.74. The lowest BCUT2D eigenvalue weighted by Gasteiger charge is -2.44. The van der Waals surface area contributed by atoms with Crippen molar-refractivity contribution in [3.8, 4) is 0 Å². The smallest absolute Gasteiger partial charge is 0.407 e. The first kappa shape index (κ1) is 29.0.